The molecule has 0 atom stereocenters. The molecule has 4 N–H and O–H groups in total. The van der Waals surface area contributed by atoms with E-state index >= 15 is 0 Å². The molecule has 2 aromatic carbocycles. The van der Waals surface area contributed by atoms with Crippen LogP contribution >= 0.6 is 0 Å². The Morgan fingerprint density at radius 2 is 1.00 bits per heavy atom. The van der Waals surface area contributed by atoms with Crippen LogP contribution in [0.15, 0.2) is 46.2 Å². The van der Waals surface area contributed by atoms with Crippen LogP contribution in [0.1, 0.15) is 11.1 Å². The zero-order chi connectivity index (χ0) is 18.1. The Morgan fingerprint density at radius 3 is 1.27 bits per heavy atom. The molecule has 0 aliphatic heterocycles. The topological polar surface area (TPSA) is 166 Å². The molecule has 0 bridgehead atoms. The maximum absolute atomic E-state index is 11.3. The summed E-state index contributed by atoms with van der Waals surface area (Å²) in [6.45, 7) is 0. The largest absolute Gasteiger partial charge is 1.00 e. The Balaban J connectivity index is 0.00000312. The second-order valence-electron chi connectivity index (χ2n) is 4.84. The molecule has 0 saturated carbocycles. The van der Waals surface area contributed by atoms with Crippen molar-refractivity contribution < 1.29 is 129 Å². The average molecular weight is 447 g/mol. The van der Waals surface area contributed by atoms with E-state index in [0.29, 0.717) is 0 Å². The molecule has 8 nitrogen and oxygen atoms in total. The molecule has 0 aromatic heterocycles. The molecule has 2 rings (SSSR count). The standard InChI is InChI=1S/C14H14N2O6S2.2K/c15-11-5-3-9(13(7-11)23(17,18)19)1-2-10-4-6-12(16)8-14(10)24(20,21)22;;/h1-8H,15-16H2,(H,17,18,19)(H,20,21,22);;/q;2*+1/p-2. The quantitative estimate of drug-likeness (QED) is 0.203. The minimum atomic E-state index is -4.79. The van der Waals surface area contributed by atoms with Crippen LogP contribution in [0, 0.1) is 0 Å². The SMILES string of the molecule is Nc1ccc(C=Cc2ccc(N)cc2S(=O)(=O)[O-])c(S(=O)(=O)[O-])c1.[K+].[K+]. The molecule has 0 saturated heterocycles. The molecule has 0 spiro atoms. The Labute approximate surface area is 236 Å². The first-order valence-electron chi connectivity index (χ1n) is 6.37. The van der Waals surface area contributed by atoms with E-state index in [4.69, 9.17) is 11.5 Å². The van der Waals surface area contributed by atoms with E-state index in [1.165, 1.54) is 36.4 Å². The van der Waals surface area contributed by atoms with Gasteiger partial charge in [-0.2, -0.15) is 0 Å². The van der Waals surface area contributed by atoms with Crippen molar-refractivity contribution in [2.45, 2.75) is 9.79 Å². The minimum Gasteiger partial charge on any atom is -0.744 e. The summed E-state index contributed by atoms with van der Waals surface area (Å²) in [5, 5.41) is 0. The Bertz CT molecular complexity index is 954. The molecular formula is C14H12K2N2O6S2. The van der Waals surface area contributed by atoms with E-state index in [9.17, 15) is 25.9 Å². The summed E-state index contributed by atoms with van der Waals surface area (Å²) >= 11 is 0. The fourth-order valence-corrected chi connectivity index (χ4v) is 3.40. The number of anilines is 2. The third-order valence-corrected chi connectivity index (χ3v) is 4.84. The molecule has 0 aliphatic carbocycles. The Hall–Kier alpha value is 0.873. The number of hydrogen-bond donors (Lipinski definition) is 2. The molecule has 0 aliphatic rings. The maximum Gasteiger partial charge on any atom is 1.00 e. The molecular weight excluding hydrogens is 434 g/mol. The van der Waals surface area contributed by atoms with Crippen LogP contribution in [0.5, 0.6) is 0 Å². The predicted molar refractivity (Wildman–Crippen MR) is 86.6 cm³/mol. The molecule has 0 heterocycles. The van der Waals surface area contributed by atoms with Gasteiger partial charge in [0.2, 0.25) is 0 Å². The zero-order valence-electron chi connectivity index (χ0n) is 14.0. The fourth-order valence-electron chi connectivity index (χ4n) is 1.99. The Kier molecular flexibility index (Phi) is 10.9. The van der Waals surface area contributed by atoms with E-state index in [2.05, 4.69) is 0 Å². The van der Waals surface area contributed by atoms with E-state index in [0.717, 1.165) is 12.1 Å². The van der Waals surface area contributed by atoms with Gasteiger partial charge in [0.1, 0.15) is 20.2 Å². The van der Waals surface area contributed by atoms with Crippen molar-refractivity contribution in [1.29, 1.82) is 0 Å². The summed E-state index contributed by atoms with van der Waals surface area (Å²) in [4.78, 5) is -1.11. The summed E-state index contributed by atoms with van der Waals surface area (Å²) < 4.78 is 67.7. The third-order valence-electron chi connectivity index (χ3n) is 3.06. The molecule has 26 heavy (non-hydrogen) atoms. The van der Waals surface area contributed by atoms with E-state index in [1.807, 2.05) is 0 Å². The number of benzene rings is 2. The second kappa shape index (κ2) is 10.6. The number of rotatable bonds is 4. The van der Waals surface area contributed by atoms with Gasteiger partial charge in [0, 0.05) is 11.4 Å². The van der Waals surface area contributed by atoms with Crippen LogP contribution in [-0.2, 0) is 20.2 Å². The van der Waals surface area contributed by atoms with Crippen LogP contribution in [0.4, 0.5) is 11.4 Å². The smallest absolute Gasteiger partial charge is 0.744 e. The molecule has 2 aromatic rings. The van der Waals surface area contributed by atoms with Crippen LogP contribution in [0.3, 0.4) is 0 Å². The van der Waals surface area contributed by atoms with Crippen molar-refractivity contribution in [2.75, 3.05) is 11.5 Å². The van der Waals surface area contributed by atoms with Gasteiger partial charge in [0.25, 0.3) is 0 Å². The van der Waals surface area contributed by atoms with Crippen molar-refractivity contribution in [3.8, 4) is 0 Å². The fraction of sp³-hybridized carbons (Fsp3) is 0. The van der Waals surface area contributed by atoms with Gasteiger partial charge in [-0.15, -0.1) is 0 Å². The van der Waals surface area contributed by atoms with Gasteiger partial charge in [-0.05, 0) is 35.4 Å². The average Bonchev–Trinajstić information content (AvgIpc) is 2.45. The second-order valence-corrected chi connectivity index (χ2v) is 7.53. The summed E-state index contributed by atoms with van der Waals surface area (Å²) in [6, 6.07) is 7.33. The summed E-state index contributed by atoms with van der Waals surface area (Å²) in [5.41, 5.74) is 11.1. The van der Waals surface area contributed by atoms with Crippen LogP contribution in [0.25, 0.3) is 12.2 Å². The molecule has 0 unspecified atom stereocenters. The monoisotopic (exact) mass is 446 g/mol. The van der Waals surface area contributed by atoms with Crippen LogP contribution < -0.4 is 114 Å². The van der Waals surface area contributed by atoms with Crippen molar-refractivity contribution in [3.63, 3.8) is 0 Å². The predicted octanol–water partition coefficient (Wildman–Crippen LogP) is -5.16. The number of hydrogen-bond acceptors (Lipinski definition) is 8. The number of nitrogen functional groups attached to an aromatic ring is 2. The van der Waals surface area contributed by atoms with E-state index in [1.54, 1.807) is 0 Å². The molecule has 0 radical (unpaired) electrons. The summed E-state index contributed by atoms with van der Waals surface area (Å²) in [5.74, 6) is 0. The minimum absolute atomic E-state index is 0. The van der Waals surface area contributed by atoms with Gasteiger partial charge in [-0.1, -0.05) is 24.3 Å². The van der Waals surface area contributed by atoms with Gasteiger partial charge in [0.15, 0.2) is 0 Å². The molecule has 12 heteroatoms. The molecule has 0 fully saturated rings. The number of nitrogens with two attached hydrogens (primary N) is 2. The van der Waals surface area contributed by atoms with Gasteiger partial charge in [-0.25, -0.2) is 16.8 Å². The van der Waals surface area contributed by atoms with E-state index in [-0.39, 0.29) is 125 Å². The van der Waals surface area contributed by atoms with Crippen molar-refractivity contribution in [3.05, 3.63) is 47.5 Å². The first-order chi connectivity index (χ1) is 11.0. The first-order valence-corrected chi connectivity index (χ1v) is 9.19. The molecule has 0 amide bonds. The van der Waals surface area contributed by atoms with Gasteiger partial charge < -0.3 is 20.6 Å². The molecule has 128 valence electrons. The van der Waals surface area contributed by atoms with Crippen molar-refractivity contribution in [1.82, 2.24) is 0 Å². The summed E-state index contributed by atoms with van der Waals surface area (Å²) in [6.07, 6.45) is 2.40. The van der Waals surface area contributed by atoms with Crippen LogP contribution in [0.2, 0.25) is 0 Å². The van der Waals surface area contributed by atoms with Gasteiger partial charge >= 0.3 is 103 Å². The van der Waals surface area contributed by atoms with Crippen molar-refractivity contribution >= 4 is 43.8 Å². The van der Waals surface area contributed by atoms with E-state index < -0.39 is 30.0 Å². The normalized spacial score (nSPS) is 11.6. The zero-order valence-corrected chi connectivity index (χ0v) is 21.9. The van der Waals surface area contributed by atoms with Gasteiger partial charge in [0.05, 0.1) is 9.79 Å². The van der Waals surface area contributed by atoms with Crippen LogP contribution in [-0.4, -0.2) is 25.9 Å². The Morgan fingerprint density at radius 1 is 0.692 bits per heavy atom. The first kappa shape index (κ1) is 26.9. The maximum atomic E-state index is 11.3. The summed E-state index contributed by atoms with van der Waals surface area (Å²) in [7, 11) is -9.57. The van der Waals surface area contributed by atoms with Gasteiger partial charge in [-0.3, -0.25) is 0 Å². The third kappa shape index (κ3) is 7.36. The van der Waals surface area contributed by atoms with Crippen molar-refractivity contribution in [2.24, 2.45) is 0 Å².